The molecule has 5 heteroatoms. The van der Waals surface area contributed by atoms with Gasteiger partial charge in [0.2, 0.25) is 5.91 Å². The van der Waals surface area contributed by atoms with Crippen molar-refractivity contribution in [2.45, 2.75) is 38.9 Å². The Bertz CT molecular complexity index is 476. The van der Waals surface area contributed by atoms with Crippen LogP contribution in [0, 0.1) is 5.92 Å². The topological polar surface area (TPSA) is 35.6 Å². The highest BCUT2D eigenvalue weighted by Crippen LogP contribution is 2.30. The molecule has 21 heavy (non-hydrogen) atoms. The van der Waals surface area contributed by atoms with Gasteiger partial charge < -0.3 is 9.80 Å². The van der Waals surface area contributed by atoms with Crippen LogP contribution in [0.25, 0.3) is 0 Å². The molecular weight excluding hydrogens is 282 g/mol. The van der Waals surface area contributed by atoms with Gasteiger partial charge in [0, 0.05) is 13.1 Å². The van der Waals surface area contributed by atoms with Crippen LogP contribution in [-0.2, 0) is 4.79 Å². The number of carbonyl (C=O) groups excluding carboxylic acids is 1. The zero-order valence-corrected chi connectivity index (χ0v) is 13.7. The van der Waals surface area contributed by atoms with Crippen LogP contribution < -0.4 is 5.32 Å². The normalized spacial score (nSPS) is 30.5. The summed E-state index contributed by atoms with van der Waals surface area (Å²) in [4.78, 5) is 17.2. The number of nitrogens with one attached hydrogen (secondary N) is 1. The van der Waals surface area contributed by atoms with Crippen molar-refractivity contribution in [1.29, 1.82) is 0 Å². The molecule has 1 aromatic rings. The van der Waals surface area contributed by atoms with E-state index in [0.717, 1.165) is 26.1 Å². The Labute approximate surface area is 131 Å². The summed E-state index contributed by atoms with van der Waals surface area (Å²) in [7, 11) is 0. The molecule has 0 spiro atoms. The summed E-state index contributed by atoms with van der Waals surface area (Å²) >= 11 is 1.70. The van der Waals surface area contributed by atoms with E-state index in [1.807, 2.05) is 0 Å². The standard InChI is InChI=1S/C16H25N3OS/c1-3-14-16(20)19(10-12-5-7-18(4-2)9-12)15(17-14)13-6-8-21-11-13/h6,8,11-12,14-15,17H,3-5,7,9-10H2,1-2H3. The average Bonchev–Trinajstić information content (AvgIpc) is 3.21. The Hall–Kier alpha value is -0.910. The van der Waals surface area contributed by atoms with Gasteiger partial charge in [-0.1, -0.05) is 13.8 Å². The van der Waals surface area contributed by atoms with Crippen molar-refractivity contribution in [1.82, 2.24) is 15.1 Å². The van der Waals surface area contributed by atoms with E-state index in [2.05, 4.69) is 45.8 Å². The maximum absolute atomic E-state index is 12.6. The van der Waals surface area contributed by atoms with Crippen LogP contribution in [-0.4, -0.2) is 47.9 Å². The van der Waals surface area contributed by atoms with Gasteiger partial charge in [-0.15, -0.1) is 0 Å². The molecule has 0 saturated carbocycles. The fourth-order valence-electron chi connectivity index (χ4n) is 3.50. The molecule has 0 aromatic carbocycles. The second-order valence-corrected chi connectivity index (χ2v) is 6.91. The summed E-state index contributed by atoms with van der Waals surface area (Å²) in [5.41, 5.74) is 1.23. The van der Waals surface area contributed by atoms with Gasteiger partial charge in [-0.25, -0.2) is 0 Å². The third-order valence-electron chi connectivity index (χ3n) is 4.79. The molecule has 3 atom stereocenters. The summed E-state index contributed by atoms with van der Waals surface area (Å²) in [6.45, 7) is 8.61. The molecule has 1 amide bonds. The summed E-state index contributed by atoms with van der Waals surface area (Å²) in [6.07, 6.45) is 2.15. The number of amides is 1. The molecule has 0 bridgehead atoms. The summed E-state index contributed by atoms with van der Waals surface area (Å²) < 4.78 is 0. The second kappa shape index (κ2) is 6.46. The Balaban J connectivity index is 1.72. The Kier molecular flexibility index (Phi) is 4.62. The van der Waals surface area contributed by atoms with Gasteiger partial charge in [-0.2, -0.15) is 11.3 Å². The molecule has 3 rings (SSSR count). The third kappa shape index (κ3) is 3.00. The number of likely N-dealkylation sites (tertiary alicyclic amines) is 1. The van der Waals surface area contributed by atoms with Crippen molar-refractivity contribution in [3.8, 4) is 0 Å². The van der Waals surface area contributed by atoms with Gasteiger partial charge in [-0.05, 0) is 54.2 Å². The number of carbonyl (C=O) groups is 1. The van der Waals surface area contributed by atoms with E-state index in [1.165, 1.54) is 18.5 Å². The highest BCUT2D eigenvalue weighted by molar-refractivity contribution is 7.07. The molecule has 1 aromatic heterocycles. The molecule has 2 fully saturated rings. The molecule has 2 aliphatic heterocycles. The van der Waals surface area contributed by atoms with Gasteiger partial charge in [0.25, 0.3) is 0 Å². The second-order valence-electron chi connectivity index (χ2n) is 6.13. The predicted molar refractivity (Wildman–Crippen MR) is 86.2 cm³/mol. The SMILES string of the molecule is CCC1NC(c2ccsc2)N(CC2CCN(CC)C2)C1=O. The van der Waals surface area contributed by atoms with Crippen LogP contribution in [0.1, 0.15) is 38.4 Å². The highest BCUT2D eigenvalue weighted by Gasteiger charge is 2.40. The molecule has 0 radical (unpaired) electrons. The minimum Gasteiger partial charge on any atom is -0.321 e. The first kappa shape index (κ1) is 15.0. The molecule has 2 saturated heterocycles. The smallest absolute Gasteiger partial charge is 0.241 e. The fraction of sp³-hybridized carbons (Fsp3) is 0.688. The fourth-order valence-corrected chi connectivity index (χ4v) is 4.18. The summed E-state index contributed by atoms with van der Waals surface area (Å²) in [5.74, 6) is 0.899. The van der Waals surface area contributed by atoms with Crippen molar-refractivity contribution < 1.29 is 4.79 Å². The lowest BCUT2D eigenvalue weighted by atomic mass is 10.1. The summed E-state index contributed by atoms with van der Waals surface area (Å²) in [5, 5.41) is 7.76. The van der Waals surface area contributed by atoms with Gasteiger partial charge in [0.1, 0.15) is 6.17 Å². The summed E-state index contributed by atoms with van der Waals surface area (Å²) in [6, 6.07) is 2.12. The van der Waals surface area contributed by atoms with E-state index in [1.54, 1.807) is 11.3 Å². The van der Waals surface area contributed by atoms with Crippen molar-refractivity contribution in [3.05, 3.63) is 22.4 Å². The van der Waals surface area contributed by atoms with E-state index >= 15 is 0 Å². The van der Waals surface area contributed by atoms with E-state index < -0.39 is 0 Å². The lowest BCUT2D eigenvalue weighted by Gasteiger charge is -2.26. The van der Waals surface area contributed by atoms with Gasteiger partial charge >= 0.3 is 0 Å². The van der Waals surface area contributed by atoms with Crippen LogP contribution in [0.15, 0.2) is 16.8 Å². The van der Waals surface area contributed by atoms with Crippen molar-refractivity contribution in [2.75, 3.05) is 26.2 Å². The van der Waals surface area contributed by atoms with Crippen LogP contribution >= 0.6 is 11.3 Å². The van der Waals surface area contributed by atoms with Crippen molar-refractivity contribution in [3.63, 3.8) is 0 Å². The Morgan fingerprint density at radius 1 is 1.43 bits per heavy atom. The van der Waals surface area contributed by atoms with E-state index in [-0.39, 0.29) is 18.1 Å². The molecule has 3 unspecified atom stereocenters. The molecule has 2 aliphatic rings. The molecule has 116 valence electrons. The molecule has 0 aliphatic carbocycles. The number of hydrogen-bond donors (Lipinski definition) is 1. The number of nitrogens with zero attached hydrogens (tertiary/aromatic N) is 2. The highest BCUT2D eigenvalue weighted by atomic mass is 32.1. The lowest BCUT2D eigenvalue weighted by Crippen LogP contribution is -2.36. The average molecular weight is 307 g/mol. The largest absolute Gasteiger partial charge is 0.321 e. The predicted octanol–water partition coefficient (Wildman–Crippen LogP) is 2.30. The van der Waals surface area contributed by atoms with Gasteiger partial charge in [0.05, 0.1) is 6.04 Å². The molecule has 4 nitrogen and oxygen atoms in total. The van der Waals surface area contributed by atoms with E-state index in [9.17, 15) is 4.79 Å². The third-order valence-corrected chi connectivity index (χ3v) is 5.49. The number of hydrogen-bond acceptors (Lipinski definition) is 4. The van der Waals surface area contributed by atoms with Crippen molar-refractivity contribution in [2.24, 2.45) is 5.92 Å². The van der Waals surface area contributed by atoms with E-state index in [0.29, 0.717) is 5.92 Å². The monoisotopic (exact) mass is 307 g/mol. The zero-order valence-electron chi connectivity index (χ0n) is 12.9. The first-order valence-electron chi connectivity index (χ1n) is 8.03. The molecule has 3 heterocycles. The zero-order chi connectivity index (χ0) is 14.8. The first-order chi connectivity index (χ1) is 10.2. The maximum atomic E-state index is 12.6. The minimum atomic E-state index is -0.0152. The van der Waals surface area contributed by atoms with Gasteiger partial charge in [0.15, 0.2) is 0 Å². The van der Waals surface area contributed by atoms with Gasteiger partial charge in [-0.3, -0.25) is 10.1 Å². The maximum Gasteiger partial charge on any atom is 0.241 e. The number of rotatable bonds is 5. The van der Waals surface area contributed by atoms with Crippen LogP contribution in [0.5, 0.6) is 0 Å². The van der Waals surface area contributed by atoms with Crippen molar-refractivity contribution >= 4 is 17.2 Å². The van der Waals surface area contributed by atoms with E-state index in [4.69, 9.17) is 0 Å². The van der Waals surface area contributed by atoms with Crippen LogP contribution in [0.3, 0.4) is 0 Å². The minimum absolute atomic E-state index is 0.0152. The Morgan fingerprint density at radius 3 is 2.90 bits per heavy atom. The lowest BCUT2D eigenvalue weighted by molar-refractivity contribution is -0.130. The van der Waals surface area contributed by atoms with Crippen LogP contribution in [0.4, 0.5) is 0 Å². The van der Waals surface area contributed by atoms with Crippen LogP contribution in [0.2, 0.25) is 0 Å². The quantitative estimate of drug-likeness (QED) is 0.906. The molecule has 1 N–H and O–H groups in total. The number of thiophene rings is 1. The molecular formula is C16H25N3OS. The Morgan fingerprint density at radius 2 is 2.29 bits per heavy atom. The first-order valence-corrected chi connectivity index (χ1v) is 8.98.